The summed E-state index contributed by atoms with van der Waals surface area (Å²) in [4.78, 5) is 48.7. The van der Waals surface area contributed by atoms with Gasteiger partial charge >= 0.3 is 0 Å². The first kappa shape index (κ1) is 23.3. The molecule has 35 heavy (non-hydrogen) atoms. The van der Waals surface area contributed by atoms with Crippen LogP contribution in [0.5, 0.6) is 0 Å². The highest BCUT2D eigenvalue weighted by Crippen LogP contribution is 2.40. The van der Waals surface area contributed by atoms with E-state index in [1.165, 1.54) is 23.8 Å². The lowest BCUT2D eigenvalue weighted by atomic mass is 10.0. The molecule has 0 spiro atoms. The summed E-state index contributed by atoms with van der Waals surface area (Å²) in [7, 11) is 1.25. The molecule has 2 aliphatic heterocycles. The van der Waals surface area contributed by atoms with Crippen LogP contribution >= 0.6 is 34.6 Å². The van der Waals surface area contributed by atoms with Crippen LogP contribution in [0.15, 0.2) is 34.3 Å². The Morgan fingerprint density at radius 1 is 1.46 bits per heavy atom. The van der Waals surface area contributed by atoms with Crippen molar-refractivity contribution in [2.24, 2.45) is 5.16 Å². The topological polar surface area (TPSA) is 172 Å². The molecule has 0 bridgehead atoms. The molecular weight excluding hydrogens is 516 g/mol. The summed E-state index contributed by atoms with van der Waals surface area (Å²) < 4.78 is 7.85. The maximum atomic E-state index is 13.0. The number of carbonyl (C=O) groups is 3. The number of imidazole rings is 1. The molecule has 2 atom stereocenters. The molecule has 0 unspecified atom stereocenters. The standard InChI is InChI=1S/C19H18N8O5S3/c1-8-16-25(3-4-33-16)7-26(8)5-9-6-34-17-11(15(29)27(17)12(9)18(30)31)21-14(28)10(23-32-2)13-22-19(20)35-24-13/h3-4,7,11,17H,5-6H2,1-2H3,(H3-,20,21,22,24,28,30,31)/b23-10-/t11-,17-/m1/s1. The van der Waals surface area contributed by atoms with E-state index in [0.29, 0.717) is 17.9 Å². The molecule has 2 aliphatic rings. The number of rotatable bonds is 7. The molecule has 3 aromatic heterocycles. The minimum atomic E-state index is -1.44. The van der Waals surface area contributed by atoms with E-state index in [2.05, 4.69) is 19.8 Å². The second-order valence-corrected chi connectivity index (χ2v) is 10.4. The number of aryl methyl sites for hydroxylation is 1. The van der Waals surface area contributed by atoms with Crippen molar-refractivity contribution in [2.45, 2.75) is 24.9 Å². The van der Waals surface area contributed by atoms with Gasteiger partial charge in [-0.05, 0) is 0 Å². The van der Waals surface area contributed by atoms with Gasteiger partial charge in [-0.1, -0.05) is 16.5 Å². The molecule has 1 fully saturated rings. The van der Waals surface area contributed by atoms with Gasteiger partial charge in [-0.15, -0.1) is 11.8 Å². The number of fused-ring (bicyclic) bond motifs is 2. The van der Waals surface area contributed by atoms with E-state index in [9.17, 15) is 19.5 Å². The Balaban J connectivity index is 1.37. The Morgan fingerprint density at radius 2 is 2.26 bits per heavy atom. The van der Waals surface area contributed by atoms with E-state index in [1.54, 1.807) is 11.3 Å². The Morgan fingerprint density at radius 3 is 2.91 bits per heavy atom. The number of nitrogens with zero attached hydrogens (tertiary/aromatic N) is 6. The molecule has 0 radical (unpaired) electrons. The summed E-state index contributed by atoms with van der Waals surface area (Å²) in [6, 6.07) is -0.962. The third-order valence-electron chi connectivity index (χ3n) is 5.58. The molecule has 5 rings (SSSR count). The van der Waals surface area contributed by atoms with Gasteiger partial charge in [0.2, 0.25) is 22.7 Å². The van der Waals surface area contributed by atoms with Crippen LogP contribution in [-0.4, -0.2) is 66.6 Å². The SMILES string of the molecule is CO/N=C(\C(=O)N[C@@H]1C(=O)N2C(C(=O)[O-])=C(Cn3c[n+]4ccsc4c3C)CS[C@H]12)c1nsc(N)n1. The van der Waals surface area contributed by atoms with Gasteiger partial charge in [0.1, 0.15) is 31.3 Å². The number of thioether (sulfide) groups is 1. The fourth-order valence-corrected chi connectivity index (χ4v) is 6.59. The molecule has 3 N–H and O–H groups in total. The van der Waals surface area contributed by atoms with Gasteiger partial charge in [0.15, 0.2) is 10.8 Å². The summed E-state index contributed by atoms with van der Waals surface area (Å²) in [5, 5.41) is 19.8. The number of nitrogen functional groups attached to an aromatic ring is 1. The summed E-state index contributed by atoms with van der Waals surface area (Å²) in [5.41, 5.74) is 6.71. The number of aromatic nitrogens is 4. The molecule has 0 aliphatic carbocycles. The Kier molecular flexibility index (Phi) is 5.94. The van der Waals surface area contributed by atoms with Crippen molar-refractivity contribution < 1.29 is 28.7 Å². The summed E-state index contributed by atoms with van der Waals surface area (Å²) in [5.74, 6) is -2.43. The predicted molar refractivity (Wildman–Crippen MR) is 125 cm³/mol. The van der Waals surface area contributed by atoms with Gasteiger partial charge in [-0.3, -0.25) is 14.5 Å². The molecule has 2 amide bonds. The van der Waals surface area contributed by atoms with Crippen LogP contribution in [0.25, 0.3) is 4.83 Å². The van der Waals surface area contributed by atoms with Crippen molar-refractivity contribution in [2.75, 3.05) is 18.6 Å². The zero-order valence-corrected chi connectivity index (χ0v) is 20.8. The molecule has 0 aromatic carbocycles. The highest BCUT2D eigenvalue weighted by Gasteiger charge is 2.53. The van der Waals surface area contributed by atoms with Gasteiger partial charge in [-0.25, -0.2) is 4.57 Å². The Bertz CT molecular complexity index is 1420. The number of β-lactam (4-membered cyclic amide) rings is 1. The minimum Gasteiger partial charge on any atom is -0.543 e. The van der Waals surface area contributed by atoms with Crippen LogP contribution in [0.1, 0.15) is 11.5 Å². The monoisotopic (exact) mass is 534 g/mol. The van der Waals surface area contributed by atoms with Crippen molar-refractivity contribution >= 4 is 68.1 Å². The molecular formula is C19H18N8O5S3. The second kappa shape index (κ2) is 8.94. The number of amides is 2. The minimum absolute atomic E-state index is 0.0377. The van der Waals surface area contributed by atoms with Gasteiger partial charge < -0.3 is 25.8 Å². The third-order valence-corrected chi connectivity index (χ3v) is 8.45. The van der Waals surface area contributed by atoms with E-state index < -0.39 is 29.2 Å². The summed E-state index contributed by atoms with van der Waals surface area (Å²) in [6.45, 7) is 2.25. The number of carboxylic acids is 1. The molecule has 16 heteroatoms. The van der Waals surface area contributed by atoms with Gasteiger partial charge in [0.05, 0.1) is 11.7 Å². The zero-order chi connectivity index (χ0) is 24.9. The lowest BCUT2D eigenvalue weighted by Crippen LogP contribution is -2.71. The van der Waals surface area contributed by atoms with Crippen molar-refractivity contribution in [3.63, 3.8) is 0 Å². The number of nitrogens with two attached hydrogens (primary N) is 1. The van der Waals surface area contributed by atoms with E-state index >= 15 is 0 Å². The van der Waals surface area contributed by atoms with Crippen molar-refractivity contribution in [1.29, 1.82) is 0 Å². The van der Waals surface area contributed by atoms with Gasteiger partial charge in [0, 0.05) is 35.2 Å². The van der Waals surface area contributed by atoms with Crippen LogP contribution in [0.4, 0.5) is 5.13 Å². The van der Waals surface area contributed by atoms with E-state index in [-0.39, 0.29) is 22.4 Å². The number of hydrogen-bond donors (Lipinski definition) is 2. The smallest absolute Gasteiger partial charge is 0.278 e. The van der Waals surface area contributed by atoms with Crippen LogP contribution in [-0.2, 0) is 25.8 Å². The molecule has 3 aromatic rings. The number of anilines is 1. The van der Waals surface area contributed by atoms with Gasteiger partial charge in [-0.2, -0.15) is 13.8 Å². The van der Waals surface area contributed by atoms with Crippen molar-refractivity contribution in [3.05, 3.63) is 40.7 Å². The maximum Gasteiger partial charge on any atom is 0.278 e. The van der Waals surface area contributed by atoms with Gasteiger partial charge in [0.25, 0.3) is 11.8 Å². The lowest BCUT2D eigenvalue weighted by molar-refractivity contribution is -0.508. The fraction of sp³-hybridized carbons (Fsp3) is 0.316. The van der Waals surface area contributed by atoms with Crippen LogP contribution in [0.3, 0.4) is 0 Å². The normalized spacial score (nSPS) is 20.1. The molecule has 13 nitrogen and oxygen atoms in total. The Hall–Kier alpha value is -3.50. The largest absolute Gasteiger partial charge is 0.543 e. The van der Waals surface area contributed by atoms with Crippen molar-refractivity contribution in [3.8, 4) is 0 Å². The predicted octanol–water partition coefficient (Wildman–Crippen LogP) is -1.51. The number of hydrogen-bond acceptors (Lipinski definition) is 12. The first-order valence-corrected chi connectivity index (χ1v) is 12.8. The van der Waals surface area contributed by atoms with E-state index in [1.807, 2.05) is 33.8 Å². The molecule has 5 heterocycles. The van der Waals surface area contributed by atoms with Crippen molar-refractivity contribution in [1.82, 2.24) is 24.1 Å². The quantitative estimate of drug-likeness (QED) is 0.158. The van der Waals surface area contributed by atoms with E-state index in [4.69, 9.17) is 10.6 Å². The Labute approximate surface area is 210 Å². The highest BCUT2D eigenvalue weighted by molar-refractivity contribution is 8.00. The molecule has 182 valence electrons. The second-order valence-electron chi connectivity index (χ2n) is 7.62. The zero-order valence-electron chi connectivity index (χ0n) is 18.3. The number of carboxylic acid groups (broad SMARTS) is 1. The first-order valence-electron chi connectivity index (χ1n) is 10.1. The van der Waals surface area contributed by atoms with E-state index in [0.717, 1.165) is 22.1 Å². The summed E-state index contributed by atoms with van der Waals surface area (Å²) >= 11 is 3.82. The highest BCUT2D eigenvalue weighted by atomic mass is 32.2. The molecule has 0 saturated carbocycles. The number of oxime groups is 1. The first-order chi connectivity index (χ1) is 16.8. The lowest BCUT2D eigenvalue weighted by Gasteiger charge is -2.50. The number of nitrogens with one attached hydrogen (secondary N) is 1. The maximum absolute atomic E-state index is 13.0. The third kappa shape index (κ3) is 3.92. The average Bonchev–Trinajstić information content (AvgIpc) is 3.54. The van der Waals surface area contributed by atoms with Crippen LogP contribution in [0, 0.1) is 6.92 Å². The number of carbonyl (C=O) groups excluding carboxylic acids is 3. The van der Waals surface area contributed by atoms with Crippen LogP contribution < -0.4 is 20.6 Å². The fourth-order valence-electron chi connectivity index (χ4n) is 3.99. The van der Waals surface area contributed by atoms with Crippen LogP contribution in [0.2, 0.25) is 0 Å². The number of aliphatic carboxylic acids is 1. The average molecular weight is 535 g/mol. The molecule has 1 saturated heterocycles. The summed E-state index contributed by atoms with van der Waals surface area (Å²) in [6.07, 6.45) is 3.81. The number of thiazole rings is 1.